The molecule has 1 aliphatic rings. The molecule has 0 aliphatic heterocycles. The van der Waals surface area contributed by atoms with Gasteiger partial charge in [0.2, 0.25) is 0 Å². The van der Waals surface area contributed by atoms with E-state index < -0.39 is 16.9 Å². The molecule has 5 rings (SSSR count). The van der Waals surface area contributed by atoms with Crippen molar-refractivity contribution in [3.8, 4) is 11.4 Å². The Morgan fingerprint density at radius 3 is 2.39 bits per heavy atom. The molecule has 0 radical (unpaired) electrons. The predicted molar refractivity (Wildman–Crippen MR) is 148 cm³/mol. The lowest BCUT2D eigenvalue weighted by Gasteiger charge is -2.30. The first-order chi connectivity index (χ1) is 18.1. The number of rotatable bonds is 4. The van der Waals surface area contributed by atoms with Crippen LogP contribution in [0.25, 0.3) is 27.5 Å². The zero-order valence-corrected chi connectivity index (χ0v) is 22.6. The zero-order valence-electron chi connectivity index (χ0n) is 21.9. The van der Waals surface area contributed by atoms with Crippen LogP contribution in [0.15, 0.2) is 58.3 Å². The van der Waals surface area contributed by atoms with E-state index in [2.05, 4.69) is 4.98 Å². The topological polar surface area (TPSA) is 92.4 Å². The number of aromatic nitrogens is 3. The minimum Gasteiger partial charge on any atom is -0.494 e. The third-order valence-electron chi connectivity index (χ3n) is 6.99. The van der Waals surface area contributed by atoms with Crippen molar-refractivity contribution in [2.24, 2.45) is 5.92 Å². The van der Waals surface area contributed by atoms with Crippen LogP contribution in [0.4, 0.5) is 0 Å². The minimum absolute atomic E-state index is 0.234. The zero-order chi connectivity index (χ0) is 27.2. The Labute approximate surface area is 224 Å². The maximum absolute atomic E-state index is 14.2. The van der Waals surface area contributed by atoms with Gasteiger partial charge in [-0.3, -0.25) is 23.7 Å². The van der Waals surface area contributed by atoms with E-state index in [1.807, 2.05) is 26.8 Å². The third kappa shape index (κ3) is 4.69. The molecule has 0 bridgehead atoms. The summed E-state index contributed by atoms with van der Waals surface area (Å²) >= 11 is 6.32. The maximum Gasteiger partial charge on any atom is 0.336 e. The monoisotopic (exact) mass is 535 g/mol. The van der Waals surface area contributed by atoms with Crippen molar-refractivity contribution >= 4 is 39.4 Å². The number of methoxy groups -OCH3 is 1. The van der Waals surface area contributed by atoms with Gasteiger partial charge in [-0.25, -0.2) is 4.79 Å². The van der Waals surface area contributed by atoms with E-state index in [1.165, 1.54) is 15.3 Å². The maximum atomic E-state index is 14.2. The molecule has 0 atom stereocenters. The Morgan fingerprint density at radius 1 is 1.03 bits per heavy atom. The second kappa shape index (κ2) is 9.91. The smallest absolute Gasteiger partial charge is 0.336 e. The van der Waals surface area contributed by atoms with Crippen molar-refractivity contribution in [2.75, 3.05) is 7.11 Å². The number of halogens is 1. The molecule has 0 N–H and O–H groups in total. The average Bonchev–Trinajstić information content (AvgIpc) is 2.87. The van der Waals surface area contributed by atoms with Crippen LogP contribution in [0.1, 0.15) is 52.5 Å². The van der Waals surface area contributed by atoms with Crippen LogP contribution in [0.2, 0.25) is 5.02 Å². The predicted octanol–water partition coefficient (Wildman–Crippen LogP) is 5.44. The number of pyridine rings is 1. The van der Waals surface area contributed by atoms with Crippen LogP contribution in [-0.4, -0.2) is 32.8 Å². The van der Waals surface area contributed by atoms with Gasteiger partial charge in [-0.2, -0.15) is 0 Å². The average molecular weight is 536 g/mol. The van der Waals surface area contributed by atoms with Crippen molar-refractivity contribution in [1.29, 1.82) is 0 Å². The van der Waals surface area contributed by atoms with Gasteiger partial charge in [0.15, 0.2) is 0 Å². The number of benzene rings is 2. The number of esters is 1. The number of carbonyl (C=O) groups is 1. The first-order valence-electron chi connectivity index (χ1n) is 12.7. The summed E-state index contributed by atoms with van der Waals surface area (Å²) in [5, 5.41) is 1.41. The largest absolute Gasteiger partial charge is 0.494 e. The molecule has 38 heavy (non-hydrogen) atoms. The van der Waals surface area contributed by atoms with Gasteiger partial charge in [-0.15, -0.1) is 0 Å². The Kier molecular flexibility index (Phi) is 6.77. The van der Waals surface area contributed by atoms with Gasteiger partial charge in [0, 0.05) is 22.6 Å². The van der Waals surface area contributed by atoms with Crippen LogP contribution >= 0.6 is 11.6 Å². The quantitative estimate of drug-likeness (QED) is 0.255. The Bertz CT molecular complexity index is 1660. The number of para-hydroxylation sites is 1. The van der Waals surface area contributed by atoms with Crippen molar-refractivity contribution < 1.29 is 14.3 Å². The van der Waals surface area contributed by atoms with Crippen molar-refractivity contribution in [3.05, 3.63) is 74.5 Å². The van der Waals surface area contributed by atoms with Crippen molar-refractivity contribution in [1.82, 2.24) is 14.1 Å². The van der Waals surface area contributed by atoms with Crippen LogP contribution < -0.4 is 16.0 Å². The highest BCUT2D eigenvalue weighted by molar-refractivity contribution is 6.30. The van der Waals surface area contributed by atoms with E-state index in [1.54, 1.807) is 43.5 Å². The van der Waals surface area contributed by atoms with E-state index in [-0.39, 0.29) is 17.9 Å². The SMILES string of the molecule is COc1cccc2c1ncc1c(=O)n(C3CCC(C(=O)OC(C)(C)C)CC3)c(=O)n(-c3cccc(Cl)c3)c12. The number of nitrogens with zero attached hydrogens (tertiary/aromatic N) is 3. The van der Waals surface area contributed by atoms with E-state index in [0.29, 0.717) is 63.9 Å². The summed E-state index contributed by atoms with van der Waals surface area (Å²) in [6.07, 6.45) is 3.59. The lowest BCUT2D eigenvalue weighted by atomic mass is 9.85. The van der Waals surface area contributed by atoms with Gasteiger partial charge in [0.25, 0.3) is 5.56 Å². The van der Waals surface area contributed by atoms with Gasteiger partial charge in [0.1, 0.15) is 16.9 Å². The summed E-state index contributed by atoms with van der Waals surface area (Å²) in [4.78, 5) is 45.2. The Hall–Kier alpha value is -3.65. The molecule has 4 aromatic rings. The van der Waals surface area contributed by atoms with Gasteiger partial charge in [0.05, 0.1) is 29.6 Å². The summed E-state index contributed by atoms with van der Waals surface area (Å²) in [6.45, 7) is 5.53. The van der Waals surface area contributed by atoms with E-state index >= 15 is 0 Å². The van der Waals surface area contributed by atoms with Gasteiger partial charge in [-0.1, -0.05) is 29.8 Å². The first kappa shape index (κ1) is 26.0. The number of ether oxygens (including phenoxy) is 2. The van der Waals surface area contributed by atoms with E-state index in [0.717, 1.165) is 0 Å². The molecule has 0 saturated heterocycles. The van der Waals surface area contributed by atoms with Crippen molar-refractivity contribution in [2.45, 2.75) is 58.1 Å². The molecule has 9 heteroatoms. The van der Waals surface area contributed by atoms with Crippen LogP contribution in [0, 0.1) is 5.92 Å². The molecule has 0 unspecified atom stereocenters. The molecule has 198 valence electrons. The summed E-state index contributed by atoms with van der Waals surface area (Å²) in [5.74, 6) is 0.0526. The fourth-order valence-corrected chi connectivity index (χ4v) is 5.48. The van der Waals surface area contributed by atoms with Crippen LogP contribution in [0.5, 0.6) is 5.75 Å². The fraction of sp³-hybridized carbons (Fsp3) is 0.379. The van der Waals surface area contributed by atoms with Crippen LogP contribution in [0.3, 0.4) is 0 Å². The summed E-state index contributed by atoms with van der Waals surface area (Å²) in [5.41, 5.74) is 0.116. The number of hydrogen-bond donors (Lipinski definition) is 0. The lowest BCUT2D eigenvalue weighted by molar-refractivity contribution is -0.161. The molecule has 1 fully saturated rings. The van der Waals surface area contributed by atoms with E-state index in [9.17, 15) is 14.4 Å². The molecule has 2 heterocycles. The molecule has 0 amide bonds. The highest BCUT2D eigenvalue weighted by Crippen LogP contribution is 2.34. The second-order valence-corrected chi connectivity index (χ2v) is 11.1. The Morgan fingerprint density at radius 2 is 1.74 bits per heavy atom. The number of carbonyl (C=O) groups excluding carboxylic acids is 1. The number of fused-ring (bicyclic) bond motifs is 3. The molecule has 1 saturated carbocycles. The highest BCUT2D eigenvalue weighted by atomic mass is 35.5. The second-order valence-electron chi connectivity index (χ2n) is 10.7. The minimum atomic E-state index is -0.563. The molecule has 0 spiro atoms. The summed E-state index contributed by atoms with van der Waals surface area (Å²) < 4.78 is 13.9. The molecule has 1 aliphatic carbocycles. The molecule has 8 nitrogen and oxygen atoms in total. The summed E-state index contributed by atoms with van der Waals surface area (Å²) in [6, 6.07) is 12.0. The molecular formula is C29H30ClN3O5. The Balaban J connectivity index is 1.68. The molecule has 2 aromatic carbocycles. The lowest BCUT2D eigenvalue weighted by Crippen LogP contribution is -2.43. The normalized spacial score (nSPS) is 18.0. The fourth-order valence-electron chi connectivity index (χ4n) is 5.30. The third-order valence-corrected chi connectivity index (χ3v) is 7.23. The first-order valence-corrected chi connectivity index (χ1v) is 13.1. The molecule has 2 aromatic heterocycles. The van der Waals surface area contributed by atoms with Gasteiger partial charge in [-0.05, 0) is 70.7 Å². The van der Waals surface area contributed by atoms with Gasteiger partial charge < -0.3 is 9.47 Å². The number of hydrogen-bond acceptors (Lipinski definition) is 6. The highest BCUT2D eigenvalue weighted by Gasteiger charge is 2.32. The standard InChI is InChI=1S/C29H30ClN3O5/c1-29(2,3)38-27(35)17-11-13-19(14-12-17)33-26(34)22-16-31-24-21(9-6-10-23(24)37-4)25(22)32(28(33)36)20-8-5-7-18(30)15-20/h5-10,15-17,19H,11-14H2,1-4H3. The summed E-state index contributed by atoms with van der Waals surface area (Å²) in [7, 11) is 1.55. The van der Waals surface area contributed by atoms with Crippen molar-refractivity contribution in [3.63, 3.8) is 0 Å². The molecular weight excluding hydrogens is 506 g/mol. The van der Waals surface area contributed by atoms with Crippen LogP contribution in [-0.2, 0) is 9.53 Å². The van der Waals surface area contributed by atoms with E-state index in [4.69, 9.17) is 21.1 Å². The van der Waals surface area contributed by atoms with Gasteiger partial charge >= 0.3 is 11.7 Å².